The molecule has 160 valence electrons. The standard InChI is InChI=1S/C22H22F3NO4/c1-4-16-19(29-3)11-17-18(20(16)30-13-28-2)12-26(21(17)27)10-9-14-5-7-15(8-6-14)22(23,24)25/h4-8,11H,1,9-10,12-13H2,2-3H3. The van der Waals surface area contributed by atoms with Crippen LogP contribution in [0.15, 0.2) is 36.9 Å². The second-order valence-corrected chi connectivity index (χ2v) is 6.77. The van der Waals surface area contributed by atoms with Crippen LogP contribution in [0.5, 0.6) is 11.5 Å². The minimum atomic E-state index is -4.37. The average Bonchev–Trinajstić information content (AvgIpc) is 3.04. The number of halogens is 3. The van der Waals surface area contributed by atoms with Crippen molar-refractivity contribution in [1.29, 1.82) is 0 Å². The molecule has 1 aliphatic rings. The predicted molar refractivity (Wildman–Crippen MR) is 105 cm³/mol. The van der Waals surface area contributed by atoms with Crippen molar-refractivity contribution >= 4 is 12.0 Å². The summed E-state index contributed by atoms with van der Waals surface area (Å²) in [4.78, 5) is 14.5. The van der Waals surface area contributed by atoms with E-state index in [2.05, 4.69) is 6.58 Å². The smallest absolute Gasteiger partial charge is 0.416 e. The predicted octanol–water partition coefficient (Wildman–Crippen LogP) is 4.54. The average molecular weight is 421 g/mol. The van der Waals surface area contributed by atoms with Crippen LogP contribution in [0.25, 0.3) is 6.08 Å². The number of fused-ring (bicyclic) bond motifs is 1. The molecule has 0 saturated carbocycles. The van der Waals surface area contributed by atoms with E-state index in [-0.39, 0.29) is 12.7 Å². The Hall–Kier alpha value is -3.00. The molecule has 2 aromatic carbocycles. The molecule has 0 fully saturated rings. The Labute approximate surface area is 172 Å². The molecule has 8 heteroatoms. The van der Waals surface area contributed by atoms with Gasteiger partial charge < -0.3 is 19.1 Å². The van der Waals surface area contributed by atoms with Gasteiger partial charge in [-0.25, -0.2) is 0 Å². The number of rotatable bonds is 8. The van der Waals surface area contributed by atoms with E-state index < -0.39 is 11.7 Å². The Morgan fingerprint density at radius 1 is 1.20 bits per heavy atom. The molecule has 0 bridgehead atoms. The lowest BCUT2D eigenvalue weighted by Crippen LogP contribution is -2.26. The van der Waals surface area contributed by atoms with E-state index in [1.165, 1.54) is 26.4 Å². The number of hydrogen-bond acceptors (Lipinski definition) is 4. The van der Waals surface area contributed by atoms with Crippen LogP contribution >= 0.6 is 0 Å². The van der Waals surface area contributed by atoms with Crippen molar-refractivity contribution in [3.05, 3.63) is 64.7 Å². The molecule has 1 aliphatic heterocycles. The fraction of sp³-hybridized carbons (Fsp3) is 0.318. The van der Waals surface area contributed by atoms with Crippen molar-refractivity contribution in [3.8, 4) is 11.5 Å². The summed E-state index contributed by atoms with van der Waals surface area (Å²) in [6.45, 7) is 4.47. The molecule has 0 aliphatic carbocycles. The molecule has 5 nitrogen and oxygen atoms in total. The number of carbonyl (C=O) groups is 1. The molecule has 2 aromatic rings. The van der Waals surface area contributed by atoms with Gasteiger partial charge in [0.05, 0.1) is 30.3 Å². The van der Waals surface area contributed by atoms with Crippen LogP contribution in [-0.2, 0) is 23.9 Å². The number of hydrogen-bond donors (Lipinski definition) is 0. The highest BCUT2D eigenvalue weighted by Crippen LogP contribution is 2.40. The molecule has 0 atom stereocenters. The van der Waals surface area contributed by atoms with Crippen molar-refractivity contribution in [3.63, 3.8) is 0 Å². The molecule has 0 radical (unpaired) electrons. The van der Waals surface area contributed by atoms with Crippen molar-refractivity contribution in [2.75, 3.05) is 27.6 Å². The van der Waals surface area contributed by atoms with Crippen LogP contribution in [0.1, 0.15) is 32.6 Å². The molecular formula is C22H22F3NO4. The van der Waals surface area contributed by atoms with E-state index >= 15 is 0 Å². The van der Waals surface area contributed by atoms with Gasteiger partial charge in [0.25, 0.3) is 5.91 Å². The topological polar surface area (TPSA) is 48.0 Å². The van der Waals surface area contributed by atoms with Crippen molar-refractivity contribution in [1.82, 2.24) is 4.90 Å². The fourth-order valence-corrected chi connectivity index (χ4v) is 3.42. The van der Waals surface area contributed by atoms with Gasteiger partial charge in [-0.2, -0.15) is 13.2 Å². The first-order chi connectivity index (χ1) is 14.3. The Balaban J connectivity index is 1.80. The number of carbonyl (C=O) groups excluding carboxylic acids is 1. The van der Waals surface area contributed by atoms with Gasteiger partial charge in [0, 0.05) is 19.2 Å². The first kappa shape index (κ1) is 21.7. The van der Waals surface area contributed by atoms with Crippen LogP contribution in [0.3, 0.4) is 0 Å². The summed E-state index contributed by atoms with van der Waals surface area (Å²) in [6, 6.07) is 6.62. The Morgan fingerprint density at radius 3 is 2.47 bits per heavy atom. The zero-order valence-corrected chi connectivity index (χ0v) is 16.7. The zero-order chi connectivity index (χ0) is 21.9. The zero-order valence-electron chi connectivity index (χ0n) is 16.7. The first-order valence-corrected chi connectivity index (χ1v) is 9.23. The molecule has 0 spiro atoms. The Morgan fingerprint density at radius 2 is 1.90 bits per heavy atom. The van der Waals surface area contributed by atoms with E-state index in [1.54, 1.807) is 17.0 Å². The SMILES string of the molecule is C=Cc1c(OC)cc2c(c1OCOC)CN(CCc1ccc(C(F)(F)F)cc1)C2=O. The summed E-state index contributed by atoms with van der Waals surface area (Å²) in [6.07, 6.45) is -2.34. The summed E-state index contributed by atoms with van der Waals surface area (Å²) in [5.41, 5.74) is 1.83. The number of alkyl halides is 3. The second-order valence-electron chi connectivity index (χ2n) is 6.77. The second kappa shape index (κ2) is 8.79. The third kappa shape index (κ3) is 4.28. The number of ether oxygens (including phenoxy) is 3. The lowest BCUT2D eigenvalue weighted by molar-refractivity contribution is -0.137. The summed E-state index contributed by atoms with van der Waals surface area (Å²) >= 11 is 0. The maximum Gasteiger partial charge on any atom is 0.416 e. The van der Waals surface area contributed by atoms with Gasteiger partial charge in [-0.3, -0.25) is 4.79 Å². The summed E-state index contributed by atoms with van der Waals surface area (Å²) < 4.78 is 54.2. The van der Waals surface area contributed by atoms with E-state index in [4.69, 9.17) is 14.2 Å². The van der Waals surface area contributed by atoms with Crippen molar-refractivity contribution in [2.45, 2.75) is 19.1 Å². The largest absolute Gasteiger partial charge is 0.496 e. The number of amides is 1. The van der Waals surface area contributed by atoms with Gasteiger partial charge >= 0.3 is 6.18 Å². The third-order valence-electron chi connectivity index (χ3n) is 4.95. The van der Waals surface area contributed by atoms with Crippen LogP contribution in [-0.4, -0.2) is 38.4 Å². The summed E-state index contributed by atoms with van der Waals surface area (Å²) in [5.74, 6) is 0.757. The molecule has 0 saturated heterocycles. The van der Waals surface area contributed by atoms with Crippen molar-refractivity contribution in [2.24, 2.45) is 0 Å². The molecule has 0 unspecified atom stereocenters. The van der Waals surface area contributed by atoms with Crippen LogP contribution < -0.4 is 9.47 Å². The van der Waals surface area contributed by atoms with E-state index in [9.17, 15) is 18.0 Å². The maximum atomic E-state index is 12.9. The quantitative estimate of drug-likeness (QED) is 0.588. The number of nitrogens with zero attached hydrogens (tertiary/aromatic N) is 1. The van der Waals surface area contributed by atoms with E-state index in [1.807, 2.05) is 0 Å². The molecule has 0 aromatic heterocycles. The molecule has 1 heterocycles. The van der Waals surface area contributed by atoms with Gasteiger partial charge in [0.2, 0.25) is 0 Å². The third-order valence-corrected chi connectivity index (χ3v) is 4.95. The molecule has 1 amide bonds. The van der Waals surface area contributed by atoms with Gasteiger partial charge in [-0.15, -0.1) is 0 Å². The molecule has 0 N–H and O–H groups in total. The highest BCUT2D eigenvalue weighted by atomic mass is 19.4. The summed E-state index contributed by atoms with van der Waals surface area (Å²) in [5, 5.41) is 0. The fourth-order valence-electron chi connectivity index (χ4n) is 3.42. The lowest BCUT2D eigenvalue weighted by Gasteiger charge is -2.17. The van der Waals surface area contributed by atoms with Crippen molar-refractivity contribution < 1.29 is 32.2 Å². The maximum absolute atomic E-state index is 12.9. The number of methoxy groups -OCH3 is 2. The normalized spacial score (nSPS) is 13.4. The van der Waals surface area contributed by atoms with Gasteiger partial charge in [-0.1, -0.05) is 24.8 Å². The van der Waals surface area contributed by atoms with Crippen LogP contribution in [0, 0.1) is 0 Å². The van der Waals surface area contributed by atoms with Crippen LogP contribution in [0.4, 0.5) is 13.2 Å². The Kier molecular flexibility index (Phi) is 6.36. The van der Waals surface area contributed by atoms with Crippen LogP contribution in [0.2, 0.25) is 0 Å². The first-order valence-electron chi connectivity index (χ1n) is 9.23. The van der Waals surface area contributed by atoms with Gasteiger partial charge in [0.15, 0.2) is 6.79 Å². The van der Waals surface area contributed by atoms with E-state index in [0.29, 0.717) is 53.3 Å². The van der Waals surface area contributed by atoms with Gasteiger partial charge in [-0.05, 0) is 30.2 Å². The summed E-state index contributed by atoms with van der Waals surface area (Å²) in [7, 11) is 2.99. The minimum Gasteiger partial charge on any atom is -0.496 e. The molecular weight excluding hydrogens is 399 g/mol. The highest BCUT2D eigenvalue weighted by Gasteiger charge is 2.33. The van der Waals surface area contributed by atoms with Gasteiger partial charge in [0.1, 0.15) is 11.5 Å². The minimum absolute atomic E-state index is 0.000191. The number of benzene rings is 2. The Bertz CT molecular complexity index is 939. The molecule has 3 rings (SSSR count). The highest BCUT2D eigenvalue weighted by molar-refractivity contribution is 6.00. The van der Waals surface area contributed by atoms with E-state index in [0.717, 1.165) is 12.1 Å². The lowest BCUT2D eigenvalue weighted by atomic mass is 10.0. The molecule has 30 heavy (non-hydrogen) atoms. The monoisotopic (exact) mass is 421 g/mol.